The lowest BCUT2D eigenvalue weighted by molar-refractivity contribution is -0.143. The van der Waals surface area contributed by atoms with Crippen LogP contribution in [-0.2, 0) is 36.9 Å². The molecule has 8 rings (SSSR count). The lowest BCUT2D eigenvalue weighted by Crippen LogP contribution is -2.53. The highest BCUT2D eigenvalue weighted by Crippen LogP contribution is 2.66. The molecule has 2 N–H and O–H groups in total. The van der Waals surface area contributed by atoms with Gasteiger partial charge in [0.05, 0.1) is 64.9 Å². The van der Waals surface area contributed by atoms with Crippen molar-refractivity contribution in [2.45, 2.75) is 36.5 Å². The van der Waals surface area contributed by atoms with Gasteiger partial charge in [0.25, 0.3) is 11.8 Å². The predicted octanol–water partition coefficient (Wildman–Crippen LogP) is 8.94. The first kappa shape index (κ1) is 41.0. The van der Waals surface area contributed by atoms with Crippen molar-refractivity contribution in [3.8, 4) is 17.2 Å². The van der Waals surface area contributed by atoms with Gasteiger partial charge in [0.2, 0.25) is 11.8 Å². The van der Waals surface area contributed by atoms with Crippen LogP contribution >= 0.6 is 23.2 Å². The van der Waals surface area contributed by atoms with Crippen LogP contribution in [0.2, 0.25) is 10.0 Å². The molecule has 6 unspecified atom stereocenters. The van der Waals surface area contributed by atoms with Crippen molar-refractivity contribution in [2.75, 3.05) is 24.5 Å². The lowest BCUT2D eigenvalue weighted by Gasteiger charge is -2.50. The van der Waals surface area contributed by atoms with E-state index in [1.807, 2.05) is 0 Å². The van der Waals surface area contributed by atoms with Crippen molar-refractivity contribution in [2.24, 2.45) is 23.7 Å². The number of phenols is 1. The predicted molar refractivity (Wildman–Crippen MR) is 204 cm³/mol. The second-order valence-corrected chi connectivity index (χ2v) is 15.7. The molecule has 4 amide bonds. The van der Waals surface area contributed by atoms with Crippen molar-refractivity contribution in [3.05, 3.63) is 123 Å². The van der Waals surface area contributed by atoms with Crippen LogP contribution in [0.3, 0.4) is 0 Å². The summed E-state index contributed by atoms with van der Waals surface area (Å²) in [6, 6.07) is 15.5. The summed E-state index contributed by atoms with van der Waals surface area (Å²) >= 11 is 12.6. The molecule has 4 aromatic rings. The molecule has 0 aromatic heterocycles. The van der Waals surface area contributed by atoms with Crippen molar-refractivity contribution >= 4 is 58.2 Å². The van der Waals surface area contributed by atoms with E-state index in [-0.39, 0.29) is 57.3 Å². The molecule has 6 atom stereocenters. The number of imide groups is 2. The Balaban J connectivity index is 1.34. The quantitative estimate of drug-likeness (QED) is 0.107. The zero-order chi connectivity index (χ0) is 43.2. The van der Waals surface area contributed by atoms with E-state index in [1.54, 1.807) is 30.3 Å². The molecule has 60 heavy (non-hydrogen) atoms. The minimum atomic E-state index is -5.27. The van der Waals surface area contributed by atoms with E-state index in [0.29, 0.717) is 28.4 Å². The van der Waals surface area contributed by atoms with Crippen LogP contribution < -0.4 is 19.8 Å². The van der Waals surface area contributed by atoms with Crippen molar-refractivity contribution in [3.63, 3.8) is 0 Å². The Morgan fingerprint density at radius 1 is 0.800 bits per heavy atom. The number of nitrogens with zero attached hydrogens (tertiary/aromatic N) is 2. The fraction of sp³-hybridized carbons (Fsp3) is 0.286. The smallest absolute Gasteiger partial charge is 0.416 e. The fourth-order valence-electron chi connectivity index (χ4n) is 9.48. The number of alkyl halides is 6. The first-order valence-electron chi connectivity index (χ1n) is 18.3. The number of hydrazine groups is 1. The lowest BCUT2D eigenvalue weighted by atomic mass is 9.49. The number of carbonyl (C=O) groups is 4. The topological polar surface area (TPSA) is 125 Å². The van der Waals surface area contributed by atoms with E-state index in [2.05, 4.69) is 5.43 Å². The van der Waals surface area contributed by atoms with E-state index in [0.717, 1.165) is 5.01 Å². The Hall–Kier alpha value is -5.74. The van der Waals surface area contributed by atoms with Gasteiger partial charge in [-0.2, -0.15) is 31.4 Å². The maximum Gasteiger partial charge on any atom is 0.416 e. The van der Waals surface area contributed by atoms with Gasteiger partial charge < -0.3 is 14.6 Å². The summed E-state index contributed by atoms with van der Waals surface area (Å²) in [5.74, 6) is -10.1. The Labute approximate surface area is 347 Å². The summed E-state index contributed by atoms with van der Waals surface area (Å²) in [5, 5.41) is 12.8. The number of hydrogen-bond acceptors (Lipinski definition) is 8. The van der Waals surface area contributed by atoms with Crippen LogP contribution in [0.25, 0.3) is 0 Å². The number of methoxy groups -OCH3 is 2. The highest BCUT2D eigenvalue weighted by molar-refractivity contribution is 6.36. The number of amides is 4. The Bertz CT molecular complexity index is 2480. The zero-order valence-corrected chi connectivity index (χ0v) is 32.7. The van der Waals surface area contributed by atoms with Gasteiger partial charge in [0, 0.05) is 16.5 Å². The molecule has 2 aliphatic heterocycles. The monoisotopic (exact) mass is 873 g/mol. The number of aromatic hydroxyl groups is 1. The molecule has 2 aliphatic carbocycles. The van der Waals surface area contributed by atoms with Gasteiger partial charge in [0.1, 0.15) is 17.2 Å². The number of allylic oxidation sites excluding steroid dienone is 2. The molecule has 0 radical (unpaired) electrons. The molecular weight excluding hydrogens is 843 g/mol. The highest BCUT2D eigenvalue weighted by Gasteiger charge is 2.71. The maximum atomic E-state index is 15.5. The fourth-order valence-corrected chi connectivity index (χ4v) is 9.93. The molecule has 2 saturated heterocycles. The first-order valence-corrected chi connectivity index (χ1v) is 19.1. The van der Waals surface area contributed by atoms with Crippen LogP contribution in [0, 0.1) is 23.7 Å². The molecule has 0 spiro atoms. The number of hydrogen-bond donors (Lipinski definition) is 2. The van der Waals surface area contributed by atoms with Gasteiger partial charge >= 0.3 is 12.4 Å². The second kappa shape index (κ2) is 14.5. The summed E-state index contributed by atoms with van der Waals surface area (Å²) < 4.78 is 94.9. The third-order valence-electron chi connectivity index (χ3n) is 12.0. The Morgan fingerprint density at radius 3 is 2.07 bits per heavy atom. The third kappa shape index (κ3) is 6.25. The number of rotatable bonds is 7. The molecular formula is C42H31Cl2F6N3O7. The van der Waals surface area contributed by atoms with Crippen LogP contribution in [0.1, 0.15) is 41.0 Å². The molecule has 4 aliphatic rings. The van der Waals surface area contributed by atoms with Crippen LogP contribution in [0.4, 0.5) is 37.7 Å². The SMILES string of the molecule is COc1ccc(C23C(=O)N(Nc4ccc(Cl)cc4Cl)C(=O)C2CC2C(=CCC4C(=O)N(c5cc(C(F)(F)F)cc(C(F)(F)F)c5)C(=O)C42)C3c2c(O)cccc2OC)cc1. The van der Waals surface area contributed by atoms with Gasteiger partial charge in [-0.15, -0.1) is 0 Å². The van der Waals surface area contributed by atoms with E-state index in [4.69, 9.17) is 32.7 Å². The molecule has 10 nitrogen and oxygen atoms in total. The molecule has 4 aromatic carbocycles. The highest BCUT2D eigenvalue weighted by atomic mass is 35.5. The van der Waals surface area contributed by atoms with E-state index < -0.39 is 87.8 Å². The zero-order valence-electron chi connectivity index (χ0n) is 31.2. The van der Waals surface area contributed by atoms with Gasteiger partial charge in [-0.25, -0.2) is 4.90 Å². The van der Waals surface area contributed by atoms with Crippen molar-refractivity contribution < 1.29 is 60.1 Å². The summed E-state index contributed by atoms with van der Waals surface area (Å²) in [6.45, 7) is 0. The number of nitrogens with one attached hydrogen (secondary N) is 1. The minimum absolute atomic E-state index is 0.0454. The summed E-state index contributed by atoms with van der Waals surface area (Å²) in [5.41, 5.74) is -2.71. The van der Waals surface area contributed by atoms with Crippen LogP contribution in [0.15, 0.2) is 90.5 Å². The summed E-state index contributed by atoms with van der Waals surface area (Å²) in [6.07, 6.45) is -9.48. The molecule has 0 bridgehead atoms. The van der Waals surface area contributed by atoms with Crippen LogP contribution in [-0.4, -0.2) is 48.0 Å². The summed E-state index contributed by atoms with van der Waals surface area (Å²) in [7, 11) is 2.75. The minimum Gasteiger partial charge on any atom is -0.508 e. The van der Waals surface area contributed by atoms with E-state index >= 15 is 4.79 Å². The van der Waals surface area contributed by atoms with E-state index in [9.17, 15) is 45.8 Å². The second-order valence-electron chi connectivity index (χ2n) is 14.9. The standard InChI is InChI=1S/C42H31Cl2F6N3O7/c1-59-24-9-6-19(7-10-24)40-28(37(56)53(39(40)58)51-30-13-8-22(43)17-29(30)44)18-27-25(35(40)34-31(54)4-3-5-32(34)60-2)11-12-26-33(27)38(57)52(36(26)55)23-15-20(41(45,46)47)14-21(16-23)42(48,49)50/h3-11,13-17,26-28,33,35,51,54H,12,18H2,1-2H3. The summed E-state index contributed by atoms with van der Waals surface area (Å²) in [4.78, 5) is 59.5. The largest absolute Gasteiger partial charge is 0.508 e. The van der Waals surface area contributed by atoms with Crippen LogP contribution in [0.5, 0.6) is 17.2 Å². The number of benzene rings is 4. The Morgan fingerprint density at radius 2 is 1.47 bits per heavy atom. The third-order valence-corrected chi connectivity index (χ3v) is 12.5. The number of halogens is 8. The molecule has 312 valence electrons. The Kier molecular flexibility index (Phi) is 9.89. The van der Waals surface area contributed by atoms with Crippen molar-refractivity contribution in [1.29, 1.82) is 0 Å². The van der Waals surface area contributed by atoms with E-state index in [1.165, 1.54) is 50.6 Å². The number of carbonyl (C=O) groups excluding carboxylic acids is 4. The maximum absolute atomic E-state index is 15.5. The average Bonchev–Trinajstić information content (AvgIpc) is 3.58. The number of ether oxygens (including phenoxy) is 2. The number of anilines is 2. The van der Waals surface area contributed by atoms with Gasteiger partial charge in [-0.05, 0) is 85.0 Å². The van der Waals surface area contributed by atoms with Gasteiger partial charge in [0.15, 0.2) is 0 Å². The van der Waals surface area contributed by atoms with Gasteiger partial charge in [-0.3, -0.25) is 24.6 Å². The first-order chi connectivity index (χ1) is 28.3. The molecule has 2 heterocycles. The van der Waals surface area contributed by atoms with Crippen molar-refractivity contribution in [1.82, 2.24) is 5.01 Å². The number of phenolic OH excluding ortho intramolecular Hbond substituents is 1. The molecule has 3 fully saturated rings. The average molecular weight is 875 g/mol. The molecule has 1 saturated carbocycles. The normalized spacial score (nSPS) is 25.2. The number of fused-ring (bicyclic) bond motifs is 4. The molecule has 18 heteroatoms. The van der Waals surface area contributed by atoms with Gasteiger partial charge in [-0.1, -0.05) is 53.1 Å².